The van der Waals surface area contributed by atoms with Crippen LogP contribution in [0.3, 0.4) is 0 Å². The Kier molecular flexibility index (Phi) is 5.21. The summed E-state index contributed by atoms with van der Waals surface area (Å²) in [6, 6.07) is 0. The van der Waals surface area contributed by atoms with Gasteiger partial charge in [-0.25, -0.2) is 0 Å². The predicted molar refractivity (Wildman–Crippen MR) is 89.0 cm³/mol. The van der Waals surface area contributed by atoms with E-state index in [1.807, 2.05) is 9.80 Å². The van der Waals surface area contributed by atoms with E-state index in [2.05, 4.69) is 23.6 Å². The van der Waals surface area contributed by atoms with E-state index in [9.17, 15) is 9.59 Å². The number of nitrogens with zero attached hydrogens (tertiary/aromatic N) is 4. The zero-order valence-electron chi connectivity index (χ0n) is 14.5. The van der Waals surface area contributed by atoms with Crippen molar-refractivity contribution in [3.05, 3.63) is 0 Å². The number of amides is 2. The molecule has 2 saturated heterocycles. The van der Waals surface area contributed by atoms with Gasteiger partial charge in [0, 0.05) is 52.4 Å². The van der Waals surface area contributed by atoms with Crippen molar-refractivity contribution in [2.75, 3.05) is 65.4 Å². The second-order valence-electron chi connectivity index (χ2n) is 6.97. The summed E-state index contributed by atoms with van der Waals surface area (Å²) in [6.07, 6.45) is 0.764. The van der Waals surface area contributed by atoms with E-state index in [4.69, 9.17) is 0 Å². The highest BCUT2D eigenvalue weighted by atomic mass is 16.2. The van der Waals surface area contributed by atoms with Crippen LogP contribution < -0.4 is 0 Å². The molecule has 0 spiro atoms. The molecule has 2 heterocycles. The van der Waals surface area contributed by atoms with Crippen LogP contribution in [0.4, 0.5) is 0 Å². The zero-order chi connectivity index (χ0) is 16.4. The first-order valence-electron chi connectivity index (χ1n) is 9.16. The molecule has 6 nitrogen and oxygen atoms in total. The molecule has 23 heavy (non-hydrogen) atoms. The van der Waals surface area contributed by atoms with Crippen LogP contribution in [-0.2, 0) is 9.59 Å². The summed E-state index contributed by atoms with van der Waals surface area (Å²) in [5.41, 5.74) is 0. The fourth-order valence-electron chi connectivity index (χ4n) is 3.78. The van der Waals surface area contributed by atoms with Gasteiger partial charge in [-0.2, -0.15) is 0 Å². The molecule has 0 aromatic carbocycles. The van der Waals surface area contributed by atoms with Crippen molar-refractivity contribution in [1.82, 2.24) is 19.6 Å². The van der Waals surface area contributed by atoms with E-state index in [0.717, 1.165) is 71.9 Å². The second-order valence-corrected chi connectivity index (χ2v) is 6.97. The Bertz CT molecular complexity index is 400. The molecule has 2 amide bonds. The number of carbonyl (C=O) groups is 2. The molecule has 0 aromatic rings. The Morgan fingerprint density at radius 3 is 1.35 bits per heavy atom. The maximum Gasteiger partial charge on any atom is 0.226 e. The lowest BCUT2D eigenvalue weighted by atomic mass is 10.2. The standard InChI is InChI=1S/C17H30N4O2/c1-3-18-5-9-20(10-6-18)16(22)14-13-15(14)17(23)21-11-7-19(4-2)8-12-21/h14-15H,3-13H2,1-2H3. The highest BCUT2D eigenvalue weighted by Gasteiger charge is 2.51. The normalized spacial score (nSPS) is 29.7. The maximum atomic E-state index is 12.6. The Labute approximate surface area is 139 Å². The van der Waals surface area contributed by atoms with E-state index in [0.29, 0.717) is 0 Å². The van der Waals surface area contributed by atoms with Crippen LogP contribution in [0.1, 0.15) is 20.3 Å². The summed E-state index contributed by atoms with van der Waals surface area (Å²) in [7, 11) is 0. The maximum absolute atomic E-state index is 12.6. The van der Waals surface area contributed by atoms with E-state index < -0.39 is 0 Å². The van der Waals surface area contributed by atoms with Gasteiger partial charge in [-0.1, -0.05) is 13.8 Å². The molecule has 2 atom stereocenters. The molecule has 0 bridgehead atoms. The summed E-state index contributed by atoms with van der Waals surface area (Å²) < 4.78 is 0. The molecular formula is C17H30N4O2. The molecule has 0 radical (unpaired) electrons. The van der Waals surface area contributed by atoms with Gasteiger partial charge in [-0.05, 0) is 19.5 Å². The number of piperazine rings is 2. The lowest BCUT2D eigenvalue weighted by Crippen LogP contribution is -2.50. The van der Waals surface area contributed by atoms with Crippen molar-refractivity contribution in [1.29, 1.82) is 0 Å². The molecule has 3 rings (SSSR count). The van der Waals surface area contributed by atoms with Crippen molar-refractivity contribution in [2.24, 2.45) is 11.8 Å². The summed E-state index contributed by atoms with van der Waals surface area (Å²) in [4.78, 5) is 33.8. The third-order valence-corrected chi connectivity index (χ3v) is 5.69. The van der Waals surface area contributed by atoms with Gasteiger partial charge in [0.05, 0.1) is 11.8 Å². The molecule has 2 unspecified atom stereocenters. The monoisotopic (exact) mass is 322 g/mol. The molecule has 3 aliphatic rings. The highest BCUT2D eigenvalue weighted by molar-refractivity contribution is 5.92. The third kappa shape index (κ3) is 3.69. The van der Waals surface area contributed by atoms with Crippen LogP contribution in [0.25, 0.3) is 0 Å². The molecule has 2 aliphatic heterocycles. The van der Waals surface area contributed by atoms with Crippen molar-refractivity contribution < 1.29 is 9.59 Å². The average Bonchev–Trinajstić information content (AvgIpc) is 3.41. The third-order valence-electron chi connectivity index (χ3n) is 5.69. The van der Waals surface area contributed by atoms with Gasteiger partial charge in [0.15, 0.2) is 0 Å². The van der Waals surface area contributed by atoms with Crippen LogP contribution in [0.5, 0.6) is 0 Å². The topological polar surface area (TPSA) is 47.1 Å². The van der Waals surface area contributed by atoms with E-state index in [1.54, 1.807) is 0 Å². The number of hydrogen-bond donors (Lipinski definition) is 0. The van der Waals surface area contributed by atoms with Gasteiger partial charge in [0.25, 0.3) is 0 Å². The van der Waals surface area contributed by atoms with Gasteiger partial charge >= 0.3 is 0 Å². The smallest absolute Gasteiger partial charge is 0.226 e. The van der Waals surface area contributed by atoms with Gasteiger partial charge in [-0.3, -0.25) is 9.59 Å². The number of likely N-dealkylation sites (N-methyl/N-ethyl adjacent to an activating group) is 2. The average molecular weight is 322 g/mol. The fourth-order valence-corrected chi connectivity index (χ4v) is 3.78. The van der Waals surface area contributed by atoms with Gasteiger partial charge in [-0.15, -0.1) is 0 Å². The summed E-state index contributed by atoms with van der Waals surface area (Å²) >= 11 is 0. The molecule has 0 N–H and O–H groups in total. The summed E-state index contributed by atoms with van der Waals surface area (Å²) in [5, 5.41) is 0. The minimum absolute atomic E-state index is 0.0418. The number of hydrogen-bond acceptors (Lipinski definition) is 4. The molecule has 130 valence electrons. The zero-order valence-corrected chi connectivity index (χ0v) is 14.5. The van der Waals surface area contributed by atoms with Crippen LogP contribution in [0.2, 0.25) is 0 Å². The van der Waals surface area contributed by atoms with Crippen molar-refractivity contribution in [2.45, 2.75) is 20.3 Å². The lowest BCUT2D eigenvalue weighted by Gasteiger charge is -2.35. The molecule has 1 aliphatic carbocycles. The van der Waals surface area contributed by atoms with Gasteiger partial charge < -0.3 is 19.6 Å². The molecule has 6 heteroatoms. The molecule has 1 saturated carbocycles. The van der Waals surface area contributed by atoms with Crippen molar-refractivity contribution >= 4 is 11.8 Å². The Hall–Kier alpha value is -1.14. The van der Waals surface area contributed by atoms with Crippen LogP contribution in [-0.4, -0.2) is 96.9 Å². The summed E-state index contributed by atoms with van der Waals surface area (Å²) in [5.74, 6) is 0.345. The first-order chi connectivity index (χ1) is 11.1. The largest absolute Gasteiger partial charge is 0.340 e. The number of rotatable bonds is 4. The van der Waals surface area contributed by atoms with E-state index in [-0.39, 0.29) is 23.7 Å². The predicted octanol–water partition coefficient (Wildman–Crippen LogP) is -0.0493. The Morgan fingerprint density at radius 2 is 1.04 bits per heavy atom. The van der Waals surface area contributed by atoms with Gasteiger partial charge in [0.1, 0.15) is 0 Å². The van der Waals surface area contributed by atoms with Gasteiger partial charge in [0.2, 0.25) is 11.8 Å². The fraction of sp³-hybridized carbons (Fsp3) is 0.882. The molecule has 3 fully saturated rings. The summed E-state index contributed by atoms with van der Waals surface area (Å²) in [6.45, 7) is 13.6. The molecule has 0 aromatic heterocycles. The highest BCUT2D eigenvalue weighted by Crippen LogP contribution is 2.41. The van der Waals surface area contributed by atoms with E-state index >= 15 is 0 Å². The van der Waals surface area contributed by atoms with Crippen LogP contribution >= 0.6 is 0 Å². The van der Waals surface area contributed by atoms with Crippen molar-refractivity contribution in [3.63, 3.8) is 0 Å². The Balaban J connectivity index is 1.45. The lowest BCUT2D eigenvalue weighted by molar-refractivity contribution is -0.139. The Morgan fingerprint density at radius 1 is 0.696 bits per heavy atom. The van der Waals surface area contributed by atoms with Crippen LogP contribution in [0, 0.1) is 11.8 Å². The minimum atomic E-state index is -0.0418. The number of carbonyl (C=O) groups excluding carboxylic acids is 2. The minimum Gasteiger partial charge on any atom is -0.340 e. The first-order valence-corrected chi connectivity index (χ1v) is 9.16. The van der Waals surface area contributed by atoms with E-state index in [1.165, 1.54) is 0 Å². The SMILES string of the molecule is CCN1CCN(C(=O)C2CC2C(=O)N2CCN(CC)CC2)CC1. The van der Waals surface area contributed by atoms with Crippen LogP contribution in [0.15, 0.2) is 0 Å². The second kappa shape index (κ2) is 7.18. The van der Waals surface area contributed by atoms with Crippen molar-refractivity contribution in [3.8, 4) is 0 Å². The molecular weight excluding hydrogens is 292 g/mol. The first kappa shape index (κ1) is 16.7. The quantitative estimate of drug-likeness (QED) is 0.728.